The van der Waals surface area contributed by atoms with Crippen LogP contribution < -0.4 is 0 Å². The summed E-state index contributed by atoms with van der Waals surface area (Å²) in [4.78, 5) is 16.6. The van der Waals surface area contributed by atoms with Crippen molar-refractivity contribution in [1.29, 1.82) is 0 Å². The number of ether oxygens (including phenoxy) is 1. The van der Waals surface area contributed by atoms with Crippen molar-refractivity contribution in [3.05, 3.63) is 28.9 Å². The molecule has 0 aromatic carbocycles. The second kappa shape index (κ2) is 4.58. The number of imidazole rings is 1. The van der Waals surface area contributed by atoms with Crippen LogP contribution in [0.3, 0.4) is 0 Å². The Morgan fingerprint density at radius 3 is 3.00 bits per heavy atom. The van der Waals surface area contributed by atoms with Crippen LogP contribution in [0.4, 0.5) is 0 Å². The van der Waals surface area contributed by atoms with Crippen LogP contribution in [-0.2, 0) is 4.74 Å². The van der Waals surface area contributed by atoms with Crippen LogP contribution >= 0.6 is 11.3 Å². The van der Waals surface area contributed by atoms with Crippen LogP contribution in [0.2, 0.25) is 0 Å². The van der Waals surface area contributed by atoms with Gasteiger partial charge in [0, 0.05) is 0 Å². The van der Waals surface area contributed by atoms with Crippen LogP contribution in [0, 0.1) is 6.92 Å². The lowest BCUT2D eigenvalue weighted by Gasteiger charge is -2.03. The molecule has 0 saturated heterocycles. The van der Waals surface area contributed by atoms with E-state index in [2.05, 4.69) is 4.98 Å². The minimum atomic E-state index is -0.567. The highest BCUT2D eigenvalue weighted by Gasteiger charge is 2.22. The zero-order valence-corrected chi connectivity index (χ0v) is 10.3. The third-order valence-corrected chi connectivity index (χ3v) is 3.10. The van der Waals surface area contributed by atoms with E-state index in [1.165, 1.54) is 11.3 Å². The normalized spacial score (nSPS) is 10.5. The fourth-order valence-electron chi connectivity index (χ4n) is 1.52. The van der Waals surface area contributed by atoms with E-state index < -0.39 is 5.97 Å². The lowest BCUT2D eigenvalue weighted by molar-refractivity contribution is 0.0476. The molecule has 0 aliphatic rings. The summed E-state index contributed by atoms with van der Waals surface area (Å²) >= 11 is 1.44. The maximum atomic E-state index is 11.6. The van der Waals surface area contributed by atoms with Crippen molar-refractivity contribution < 1.29 is 14.7 Å². The van der Waals surface area contributed by atoms with Gasteiger partial charge in [-0.3, -0.25) is 0 Å². The molecule has 17 heavy (non-hydrogen) atoms. The van der Waals surface area contributed by atoms with Gasteiger partial charge in [-0.2, -0.15) is 4.73 Å². The molecular formula is C11H12N2O3S. The molecule has 0 bridgehead atoms. The molecule has 2 rings (SSSR count). The Balaban J connectivity index is 2.46. The van der Waals surface area contributed by atoms with Gasteiger partial charge >= 0.3 is 5.97 Å². The number of thiophene rings is 1. The standard InChI is InChI=1S/C11H12N2O3S/c1-3-16-11(14)9-7(2)12-10(13(9)15)8-5-4-6-17-8/h4-6,15H,3H2,1-2H3. The van der Waals surface area contributed by atoms with Gasteiger partial charge in [0.05, 0.1) is 17.2 Å². The Bertz CT molecular complexity index is 531. The number of carbonyl (C=O) groups excluding carboxylic acids is 1. The maximum absolute atomic E-state index is 11.6. The number of aromatic nitrogens is 2. The van der Waals surface area contributed by atoms with Crippen molar-refractivity contribution in [1.82, 2.24) is 9.71 Å². The van der Waals surface area contributed by atoms with Crippen molar-refractivity contribution in [2.75, 3.05) is 6.61 Å². The Morgan fingerprint density at radius 2 is 2.41 bits per heavy atom. The summed E-state index contributed by atoms with van der Waals surface area (Å²) in [6.45, 7) is 3.64. The third-order valence-electron chi connectivity index (χ3n) is 2.24. The first-order valence-corrected chi connectivity index (χ1v) is 6.02. The molecule has 0 radical (unpaired) electrons. The van der Waals surface area contributed by atoms with Gasteiger partial charge in [-0.1, -0.05) is 6.07 Å². The Labute approximate surface area is 102 Å². The minimum absolute atomic E-state index is 0.0789. The molecule has 0 aliphatic heterocycles. The van der Waals surface area contributed by atoms with E-state index in [1.54, 1.807) is 13.8 Å². The van der Waals surface area contributed by atoms with Gasteiger partial charge in [-0.25, -0.2) is 9.78 Å². The summed E-state index contributed by atoms with van der Waals surface area (Å²) in [5.74, 6) is -0.205. The zero-order valence-electron chi connectivity index (χ0n) is 9.51. The third kappa shape index (κ3) is 2.03. The van der Waals surface area contributed by atoms with Crippen molar-refractivity contribution in [2.24, 2.45) is 0 Å². The molecule has 2 aromatic rings. The van der Waals surface area contributed by atoms with Gasteiger partial charge in [0.1, 0.15) is 0 Å². The first-order valence-electron chi connectivity index (χ1n) is 5.14. The Morgan fingerprint density at radius 1 is 1.65 bits per heavy atom. The van der Waals surface area contributed by atoms with Gasteiger partial charge in [0.15, 0.2) is 11.5 Å². The number of rotatable bonds is 3. The fraction of sp³-hybridized carbons (Fsp3) is 0.273. The van der Waals surface area contributed by atoms with Crippen LogP contribution in [0.15, 0.2) is 17.5 Å². The molecule has 2 aromatic heterocycles. The molecule has 0 atom stereocenters. The van der Waals surface area contributed by atoms with Crippen LogP contribution in [0.1, 0.15) is 23.1 Å². The van der Waals surface area contributed by atoms with Gasteiger partial charge in [-0.05, 0) is 25.3 Å². The SMILES string of the molecule is CCOC(=O)c1c(C)nc(-c2cccs2)n1O. The second-order valence-corrected chi connectivity index (χ2v) is 4.33. The smallest absolute Gasteiger partial charge is 0.360 e. The van der Waals surface area contributed by atoms with Crippen LogP contribution in [-0.4, -0.2) is 27.5 Å². The van der Waals surface area contributed by atoms with Crippen molar-refractivity contribution in [2.45, 2.75) is 13.8 Å². The summed E-state index contributed by atoms with van der Waals surface area (Å²) in [5, 5.41) is 11.8. The number of esters is 1. The highest BCUT2D eigenvalue weighted by atomic mass is 32.1. The van der Waals surface area contributed by atoms with Crippen molar-refractivity contribution >= 4 is 17.3 Å². The predicted octanol–water partition coefficient (Wildman–Crippen LogP) is 2.33. The number of nitrogens with zero attached hydrogens (tertiary/aromatic N) is 2. The summed E-state index contributed by atoms with van der Waals surface area (Å²) in [5.41, 5.74) is 0.532. The minimum Gasteiger partial charge on any atom is -0.461 e. The largest absolute Gasteiger partial charge is 0.461 e. The van der Waals surface area contributed by atoms with Gasteiger partial charge in [-0.15, -0.1) is 11.3 Å². The number of hydrogen-bond donors (Lipinski definition) is 1. The van der Waals surface area contributed by atoms with E-state index in [0.29, 0.717) is 11.5 Å². The summed E-state index contributed by atoms with van der Waals surface area (Å²) in [7, 11) is 0. The van der Waals surface area contributed by atoms with Crippen LogP contribution in [0.5, 0.6) is 0 Å². The highest BCUT2D eigenvalue weighted by Crippen LogP contribution is 2.25. The number of aryl methyl sites for hydroxylation is 1. The lowest BCUT2D eigenvalue weighted by Crippen LogP contribution is -2.12. The molecule has 0 saturated carbocycles. The Kier molecular flexibility index (Phi) is 3.14. The topological polar surface area (TPSA) is 64.3 Å². The quantitative estimate of drug-likeness (QED) is 0.672. The summed E-state index contributed by atoms with van der Waals surface area (Å²) in [6, 6.07) is 3.68. The molecule has 0 amide bonds. The summed E-state index contributed by atoms with van der Waals surface area (Å²) < 4.78 is 5.65. The van der Waals surface area contributed by atoms with Gasteiger partial charge < -0.3 is 9.94 Å². The number of hydrogen-bond acceptors (Lipinski definition) is 5. The molecule has 1 N–H and O–H groups in total. The molecule has 2 heterocycles. The zero-order chi connectivity index (χ0) is 12.4. The van der Waals surface area contributed by atoms with E-state index >= 15 is 0 Å². The molecule has 6 heteroatoms. The second-order valence-electron chi connectivity index (χ2n) is 3.38. The van der Waals surface area contributed by atoms with E-state index in [4.69, 9.17) is 4.74 Å². The monoisotopic (exact) mass is 252 g/mol. The van der Waals surface area contributed by atoms with Crippen molar-refractivity contribution in [3.8, 4) is 10.7 Å². The summed E-state index contributed by atoms with van der Waals surface area (Å²) in [6.07, 6.45) is 0. The molecule has 0 spiro atoms. The molecule has 0 unspecified atom stereocenters. The van der Waals surface area contributed by atoms with Gasteiger partial charge in [0.2, 0.25) is 0 Å². The van der Waals surface area contributed by atoms with E-state index in [0.717, 1.165) is 9.61 Å². The first-order chi connectivity index (χ1) is 8.15. The predicted molar refractivity (Wildman–Crippen MR) is 63.4 cm³/mol. The lowest BCUT2D eigenvalue weighted by atomic mass is 10.3. The molecule has 0 fully saturated rings. The average Bonchev–Trinajstić information content (AvgIpc) is 2.87. The van der Waals surface area contributed by atoms with Crippen molar-refractivity contribution in [3.63, 3.8) is 0 Å². The first kappa shape index (κ1) is 11.7. The van der Waals surface area contributed by atoms with E-state index in [9.17, 15) is 10.0 Å². The van der Waals surface area contributed by atoms with Crippen LogP contribution in [0.25, 0.3) is 10.7 Å². The number of carbonyl (C=O) groups is 1. The molecular weight excluding hydrogens is 240 g/mol. The fourth-order valence-corrected chi connectivity index (χ4v) is 2.22. The van der Waals surface area contributed by atoms with E-state index in [-0.39, 0.29) is 12.3 Å². The molecule has 90 valence electrons. The highest BCUT2D eigenvalue weighted by molar-refractivity contribution is 7.13. The average molecular weight is 252 g/mol. The molecule has 0 aliphatic carbocycles. The maximum Gasteiger partial charge on any atom is 0.360 e. The van der Waals surface area contributed by atoms with Gasteiger partial charge in [0.25, 0.3) is 0 Å². The molecule has 5 nitrogen and oxygen atoms in total. The van der Waals surface area contributed by atoms with E-state index in [1.807, 2.05) is 17.5 Å². The Hall–Kier alpha value is -1.82.